The topological polar surface area (TPSA) is 48.3 Å². The van der Waals surface area contributed by atoms with E-state index in [1.165, 1.54) is 12.8 Å². The zero-order valence-electron chi connectivity index (χ0n) is 12.0. The number of nitrogens with one attached hydrogen (secondary N) is 1. The average Bonchev–Trinajstić information content (AvgIpc) is 3.03. The Morgan fingerprint density at radius 3 is 2.89 bits per heavy atom. The lowest BCUT2D eigenvalue weighted by atomic mass is 9.95. The van der Waals surface area contributed by atoms with Crippen molar-refractivity contribution in [3.8, 4) is 5.88 Å². The van der Waals surface area contributed by atoms with Crippen molar-refractivity contribution in [3.05, 3.63) is 11.3 Å². The monoisotopic (exact) mass is 265 g/mol. The molecule has 1 saturated carbocycles. The van der Waals surface area contributed by atoms with Gasteiger partial charge in [0.05, 0.1) is 24.5 Å². The number of ether oxygens (including phenoxy) is 2. The molecule has 1 aliphatic heterocycles. The summed E-state index contributed by atoms with van der Waals surface area (Å²) < 4.78 is 13.3. The van der Waals surface area contributed by atoms with Gasteiger partial charge in [0.1, 0.15) is 0 Å². The maximum Gasteiger partial charge on any atom is 0.217 e. The van der Waals surface area contributed by atoms with Crippen molar-refractivity contribution in [2.45, 2.75) is 38.3 Å². The molecule has 106 valence electrons. The van der Waals surface area contributed by atoms with Gasteiger partial charge in [-0.15, -0.1) is 0 Å². The summed E-state index contributed by atoms with van der Waals surface area (Å²) in [6, 6.07) is 0.748. The second kappa shape index (κ2) is 5.13. The fraction of sp³-hybridized carbons (Fsp3) is 0.786. The van der Waals surface area contributed by atoms with E-state index in [0.29, 0.717) is 5.92 Å². The maximum atomic E-state index is 5.97. The first kappa shape index (κ1) is 12.9. The number of aromatic nitrogens is 2. The lowest BCUT2D eigenvalue weighted by molar-refractivity contribution is 0.0874. The number of hydrogen-bond acceptors (Lipinski definition) is 4. The van der Waals surface area contributed by atoms with Gasteiger partial charge in [0.15, 0.2) is 0 Å². The Morgan fingerprint density at radius 2 is 2.21 bits per heavy atom. The van der Waals surface area contributed by atoms with Crippen LogP contribution in [0.1, 0.15) is 36.6 Å². The molecule has 2 atom stereocenters. The minimum absolute atomic E-state index is 0.120. The Kier molecular flexibility index (Phi) is 3.50. The smallest absolute Gasteiger partial charge is 0.217 e. The molecule has 1 aromatic heterocycles. The molecular formula is C14H23N3O2. The van der Waals surface area contributed by atoms with E-state index in [2.05, 4.69) is 10.4 Å². The van der Waals surface area contributed by atoms with Crippen LogP contribution in [0, 0.1) is 12.8 Å². The van der Waals surface area contributed by atoms with Crippen LogP contribution in [-0.4, -0.2) is 36.1 Å². The van der Waals surface area contributed by atoms with Crippen molar-refractivity contribution in [2.24, 2.45) is 13.0 Å². The van der Waals surface area contributed by atoms with E-state index < -0.39 is 0 Å². The van der Waals surface area contributed by atoms with Gasteiger partial charge in [-0.3, -0.25) is 0 Å². The highest BCUT2D eigenvalue weighted by atomic mass is 16.5. The van der Waals surface area contributed by atoms with Crippen LogP contribution < -0.4 is 10.1 Å². The normalized spacial score (nSPS) is 26.9. The molecule has 2 aliphatic rings. The highest BCUT2D eigenvalue weighted by Gasteiger charge is 2.36. The summed E-state index contributed by atoms with van der Waals surface area (Å²) in [5, 5.41) is 8.07. The molecule has 5 heteroatoms. The predicted molar refractivity (Wildman–Crippen MR) is 72.3 cm³/mol. The van der Waals surface area contributed by atoms with Gasteiger partial charge in [0, 0.05) is 32.2 Å². The van der Waals surface area contributed by atoms with Gasteiger partial charge in [-0.1, -0.05) is 0 Å². The van der Waals surface area contributed by atoms with E-state index in [0.717, 1.165) is 42.8 Å². The van der Waals surface area contributed by atoms with Crippen molar-refractivity contribution < 1.29 is 9.47 Å². The van der Waals surface area contributed by atoms with Crippen molar-refractivity contribution in [1.29, 1.82) is 0 Å². The van der Waals surface area contributed by atoms with Gasteiger partial charge in [-0.05, 0) is 26.2 Å². The Balaban J connectivity index is 1.78. The lowest BCUT2D eigenvalue weighted by Gasteiger charge is -2.19. The molecule has 0 spiro atoms. The largest absolute Gasteiger partial charge is 0.481 e. The van der Waals surface area contributed by atoms with Gasteiger partial charge in [0.25, 0.3) is 0 Å². The van der Waals surface area contributed by atoms with Crippen LogP contribution in [0.2, 0.25) is 0 Å². The van der Waals surface area contributed by atoms with Crippen molar-refractivity contribution in [3.63, 3.8) is 0 Å². The molecule has 1 N–H and O–H groups in total. The number of rotatable bonds is 5. The minimum atomic E-state index is 0.120. The molecule has 2 heterocycles. The number of hydrogen-bond donors (Lipinski definition) is 1. The van der Waals surface area contributed by atoms with Gasteiger partial charge in [-0.25, -0.2) is 4.68 Å². The SMILES string of the molecule is COc1c(C2OCCC2CNC2CC2)c(C)nn1C. The molecule has 3 rings (SSSR count). The van der Waals surface area contributed by atoms with E-state index in [4.69, 9.17) is 9.47 Å². The number of aryl methyl sites for hydroxylation is 2. The fourth-order valence-corrected chi connectivity index (χ4v) is 2.99. The highest BCUT2D eigenvalue weighted by Crippen LogP contribution is 2.40. The first-order valence-electron chi connectivity index (χ1n) is 7.13. The van der Waals surface area contributed by atoms with Gasteiger partial charge in [-0.2, -0.15) is 5.10 Å². The zero-order valence-corrected chi connectivity index (χ0v) is 12.0. The summed E-state index contributed by atoms with van der Waals surface area (Å²) >= 11 is 0. The summed E-state index contributed by atoms with van der Waals surface area (Å²) in [5.74, 6) is 1.36. The second-order valence-corrected chi connectivity index (χ2v) is 5.65. The third kappa shape index (κ3) is 2.49. The van der Waals surface area contributed by atoms with Crippen LogP contribution >= 0.6 is 0 Å². The highest BCUT2D eigenvalue weighted by molar-refractivity contribution is 5.34. The Labute approximate surface area is 114 Å². The number of methoxy groups -OCH3 is 1. The van der Waals surface area contributed by atoms with E-state index in [-0.39, 0.29) is 6.10 Å². The molecule has 0 aromatic carbocycles. The van der Waals surface area contributed by atoms with E-state index >= 15 is 0 Å². The number of nitrogens with zero attached hydrogens (tertiary/aromatic N) is 2. The summed E-state index contributed by atoms with van der Waals surface area (Å²) in [5.41, 5.74) is 2.15. The second-order valence-electron chi connectivity index (χ2n) is 5.65. The summed E-state index contributed by atoms with van der Waals surface area (Å²) in [6.45, 7) is 3.90. The first-order valence-corrected chi connectivity index (χ1v) is 7.13. The molecule has 0 bridgehead atoms. The fourth-order valence-electron chi connectivity index (χ4n) is 2.99. The molecule has 5 nitrogen and oxygen atoms in total. The van der Waals surface area contributed by atoms with E-state index in [1.807, 2.05) is 14.0 Å². The summed E-state index contributed by atoms with van der Waals surface area (Å²) in [4.78, 5) is 0. The molecule has 1 saturated heterocycles. The molecule has 2 unspecified atom stereocenters. The summed E-state index contributed by atoms with van der Waals surface area (Å²) in [6.07, 6.45) is 3.89. The van der Waals surface area contributed by atoms with Crippen LogP contribution in [0.3, 0.4) is 0 Å². The van der Waals surface area contributed by atoms with Crippen molar-refractivity contribution in [2.75, 3.05) is 20.3 Å². The van der Waals surface area contributed by atoms with Crippen molar-refractivity contribution in [1.82, 2.24) is 15.1 Å². The van der Waals surface area contributed by atoms with Crippen LogP contribution in [0.25, 0.3) is 0 Å². The molecule has 2 fully saturated rings. The Morgan fingerprint density at radius 1 is 1.42 bits per heavy atom. The molecule has 19 heavy (non-hydrogen) atoms. The zero-order chi connectivity index (χ0) is 13.4. The summed E-state index contributed by atoms with van der Waals surface area (Å²) in [7, 11) is 3.62. The standard InChI is InChI=1S/C14H23N3O2/c1-9-12(14(18-3)17(2)16-9)13-10(6-7-19-13)8-15-11-4-5-11/h10-11,13,15H,4-8H2,1-3H3. The molecule has 0 amide bonds. The van der Waals surface area contributed by atoms with Gasteiger partial charge in [0.2, 0.25) is 5.88 Å². The Bertz CT molecular complexity index is 454. The first-order chi connectivity index (χ1) is 9.20. The quantitative estimate of drug-likeness (QED) is 0.878. The van der Waals surface area contributed by atoms with E-state index in [1.54, 1.807) is 11.8 Å². The average molecular weight is 265 g/mol. The predicted octanol–water partition coefficient (Wildman–Crippen LogP) is 1.57. The minimum Gasteiger partial charge on any atom is -0.481 e. The van der Waals surface area contributed by atoms with Crippen molar-refractivity contribution >= 4 is 0 Å². The van der Waals surface area contributed by atoms with Crippen LogP contribution in [0.4, 0.5) is 0 Å². The molecular weight excluding hydrogens is 242 g/mol. The Hall–Kier alpha value is -1.07. The third-order valence-electron chi connectivity index (χ3n) is 4.15. The van der Waals surface area contributed by atoms with Gasteiger partial charge < -0.3 is 14.8 Å². The molecule has 0 radical (unpaired) electrons. The maximum absolute atomic E-state index is 5.97. The third-order valence-corrected chi connectivity index (χ3v) is 4.15. The van der Waals surface area contributed by atoms with Crippen LogP contribution in [-0.2, 0) is 11.8 Å². The van der Waals surface area contributed by atoms with Crippen LogP contribution in [0.5, 0.6) is 5.88 Å². The van der Waals surface area contributed by atoms with Crippen LogP contribution in [0.15, 0.2) is 0 Å². The van der Waals surface area contributed by atoms with Gasteiger partial charge >= 0.3 is 0 Å². The van der Waals surface area contributed by atoms with E-state index in [9.17, 15) is 0 Å². The lowest BCUT2D eigenvalue weighted by Crippen LogP contribution is -2.26. The molecule has 1 aliphatic carbocycles. The molecule has 1 aromatic rings.